The summed E-state index contributed by atoms with van der Waals surface area (Å²) >= 11 is 0. The van der Waals surface area contributed by atoms with E-state index in [9.17, 15) is 5.11 Å². The van der Waals surface area contributed by atoms with Crippen molar-refractivity contribution >= 4 is 0 Å². The van der Waals surface area contributed by atoms with Crippen LogP contribution >= 0.6 is 0 Å². The zero-order valence-electron chi connectivity index (χ0n) is 8.05. The molecule has 72 valence electrons. The minimum atomic E-state index is -0.397. The Morgan fingerprint density at radius 3 is 2.58 bits per heavy atom. The first-order valence-corrected chi connectivity index (χ1v) is 4.72. The van der Waals surface area contributed by atoms with Gasteiger partial charge in [0.1, 0.15) is 0 Å². The van der Waals surface area contributed by atoms with Gasteiger partial charge in [0.05, 0.1) is 12.2 Å². The van der Waals surface area contributed by atoms with Crippen LogP contribution in [0.3, 0.4) is 0 Å². The van der Waals surface area contributed by atoms with Crippen molar-refractivity contribution in [2.75, 3.05) is 32.8 Å². The van der Waals surface area contributed by atoms with Crippen molar-refractivity contribution in [1.29, 1.82) is 0 Å². The standard InChI is InChI=1S/C9H19NO2/c1-3-9(11)7-10(8-9)5-6-12-4-2/h11H,3-8H2,1-2H3. The van der Waals surface area contributed by atoms with Gasteiger partial charge in [-0.25, -0.2) is 0 Å². The van der Waals surface area contributed by atoms with Crippen LogP contribution in [0.2, 0.25) is 0 Å². The van der Waals surface area contributed by atoms with E-state index in [1.165, 1.54) is 0 Å². The lowest BCUT2D eigenvalue weighted by Crippen LogP contribution is -2.61. The van der Waals surface area contributed by atoms with E-state index in [0.717, 1.165) is 39.3 Å². The van der Waals surface area contributed by atoms with Gasteiger partial charge in [-0.3, -0.25) is 4.90 Å². The van der Waals surface area contributed by atoms with Crippen LogP contribution in [0.15, 0.2) is 0 Å². The number of rotatable bonds is 5. The van der Waals surface area contributed by atoms with Crippen LogP contribution in [0, 0.1) is 0 Å². The Morgan fingerprint density at radius 2 is 2.08 bits per heavy atom. The molecule has 1 rings (SSSR count). The summed E-state index contributed by atoms with van der Waals surface area (Å²) in [5, 5.41) is 9.66. The van der Waals surface area contributed by atoms with Crippen molar-refractivity contribution in [3.63, 3.8) is 0 Å². The van der Waals surface area contributed by atoms with Gasteiger partial charge in [0.25, 0.3) is 0 Å². The molecule has 0 saturated carbocycles. The van der Waals surface area contributed by atoms with Gasteiger partial charge in [-0.1, -0.05) is 6.92 Å². The molecule has 0 unspecified atom stereocenters. The molecule has 1 N–H and O–H groups in total. The topological polar surface area (TPSA) is 32.7 Å². The number of likely N-dealkylation sites (tertiary alicyclic amines) is 1. The van der Waals surface area contributed by atoms with Gasteiger partial charge in [0, 0.05) is 26.2 Å². The maximum Gasteiger partial charge on any atom is 0.0897 e. The molecule has 0 amide bonds. The molecule has 1 fully saturated rings. The third kappa shape index (κ3) is 2.44. The molecule has 0 spiro atoms. The Balaban J connectivity index is 2.02. The van der Waals surface area contributed by atoms with Crippen LogP contribution in [0.5, 0.6) is 0 Å². The molecular formula is C9H19NO2. The lowest BCUT2D eigenvalue weighted by Gasteiger charge is -2.46. The predicted molar refractivity (Wildman–Crippen MR) is 48.2 cm³/mol. The highest BCUT2D eigenvalue weighted by Gasteiger charge is 2.38. The van der Waals surface area contributed by atoms with E-state index in [4.69, 9.17) is 4.74 Å². The van der Waals surface area contributed by atoms with Crippen molar-refractivity contribution in [3.05, 3.63) is 0 Å². The summed E-state index contributed by atoms with van der Waals surface area (Å²) in [5.41, 5.74) is -0.397. The maximum atomic E-state index is 9.66. The van der Waals surface area contributed by atoms with E-state index >= 15 is 0 Å². The number of hydrogen-bond donors (Lipinski definition) is 1. The average Bonchev–Trinajstić information content (AvgIpc) is 2.01. The summed E-state index contributed by atoms with van der Waals surface area (Å²) < 4.78 is 5.22. The Kier molecular flexibility index (Phi) is 3.50. The molecule has 12 heavy (non-hydrogen) atoms. The van der Waals surface area contributed by atoms with Gasteiger partial charge >= 0.3 is 0 Å². The van der Waals surface area contributed by atoms with E-state index in [1.807, 2.05) is 13.8 Å². The molecule has 0 atom stereocenters. The Hall–Kier alpha value is -0.120. The lowest BCUT2D eigenvalue weighted by atomic mass is 9.91. The highest BCUT2D eigenvalue weighted by Crippen LogP contribution is 2.23. The Labute approximate surface area is 74.3 Å². The van der Waals surface area contributed by atoms with Crippen molar-refractivity contribution < 1.29 is 9.84 Å². The van der Waals surface area contributed by atoms with Crippen LogP contribution in [-0.4, -0.2) is 48.5 Å². The lowest BCUT2D eigenvalue weighted by molar-refractivity contribution is -0.105. The van der Waals surface area contributed by atoms with Crippen molar-refractivity contribution in [1.82, 2.24) is 4.90 Å². The molecule has 0 aliphatic carbocycles. The maximum absolute atomic E-state index is 9.66. The second-order valence-electron chi connectivity index (χ2n) is 3.49. The SMILES string of the molecule is CCOCCN1CC(O)(CC)C1. The van der Waals surface area contributed by atoms with Crippen LogP contribution in [0.25, 0.3) is 0 Å². The molecule has 1 aliphatic rings. The molecule has 1 heterocycles. The number of aliphatic hydroxyl groups is 1. The van der Waals surface area contributed by atoms with E-state index in [0.29, 0.717) is 0 Å². The Morgan fingerprint density at radius 1 is 1.42 bits per heavy atom. The molecule has 1 saturated heterocycles. The molecule has 0 aromatic heterocycles. The summed E-state index contributed by atoms with van der Waals surface area (Å²) in [7, 11) is 0. The predicted octanol–water partition coefficient (Wildman–Crippen LogP) is 0.480. The summed E-state index contributed by atoms with van der Waals surface area (Å²) in [5.74, 6) is 0. The van der Waals surface area contributed by atoms with E-state index in [1.54, 1.807) is 0 Å². The van der Waals surface area contributed by atoms with Gasteiger partial charge in [-0.15, -0.1) is 0 Å². The fraction of sp³-hybridized carbons (Fsp3) is 1.00. The fourth-order valence-electron chi connectivity index (χ4n) is 1.51. The first-order valence-electron chi connectivity index (χ1n) is 4.72. The highest BCUT2D eigenvalue weighted by atomic mass is 16.5. The molecule has 3 heteroatoms. The normalized spacial score (nSPS) is 22.2. The fourth-order valence-corrected chi connectivity index (χ4v) is 1.51. The zero-order chi connectivity index (χ0) is 9.03. The van der Waals surface area contributed by atoms with Gasteiger partial charge in [0.15, 0.2) is 0 Å². The molecule has 1 aliphatic heterocycles. The third-order valence-corrected chi connectivity index (χ3v) is 2.45. The first kappa shape index (κ1) is 9.96. The van der Waals surface area contributed by atoms with E-state index in [2.05, 4.69) is 4.90 Å². The second kappa shape index (κ2) is 4.21. The van der Waals surface area contributed by atoms with Crippen LogP contribution in [-0.2, 0) is 4.74 Å². The van der Waals surface area contributed by atoms with Gasteiger partial charge < -0.3 is 9.84 Å². The first-order chi connectivity index (χ1) is 5.70. The quantitative estimate of drug-likeness (QED) is 0.614. The minimum absolute atomic E-state index is 0.397. The molecular weight excluding hydrogens is 154 g/mol. The van der Waals surface area contributed by atoms with Crippen LogP contribution in [0.4, 0.5) is 0 Å². The van der Waals surface area contributed by atoms with E-state index < -0.39 is 5.60 Å². The number of ether oxygens (including phenoxy) is 1. The molecule has 0 aromatic rings. The number of nitrogens with zero attached hydrogens (tertiary/aromatic N) is 1. The van der Waals surface area contributed by atoms with E-state index in [-0.39, 0.29) is 0 Å². The second-order valence-corrected chi connectivity index (χ2v) is 3.49. The molecule has 3 nitrogen and oxygen atoms in total. The van der Waals surface area contributed by atoms with Crippen molar-refractivity contribution in [2.45, 2.75) is 25.9 Å². The summed E-state index contributed by atoms with van der Waals surface area (Å²) in [6.07, 6.45) is 0.859. The van der Waals surface area contributed by atoms with Gasteiger partial charge in [-0.2, -0.15) is 0 Å². The van der Waals surface area contributed by atoms with Gasteiger partial charge in [-0.05, 0) is 13.3 Å². The largest absolute Gasteiger partial charge is 0.387 e. The molecule has 0 bridgehead atoms. The van der Waals surface area contributed by atoms with Crippen LogP contribution in [0.1, 0.15) is 20.3 Å². The zero-order valence-corrected chi connectivity index (χ0v) is 8.05. The molecule has 0 radical (unpaired) electrons. The monoisotopic (exact) mass is 173 g/mol. The summed E-state index contributed by atoms with van der Waals surface area (Å²) in [6, 6.07) is 0. The van der Waals surface area contributed by atoms with Gasteiger partial charge in [0.2, 0.25) is 0 Å². The number of β-amino-alcohol motifs (C(OH)–C–C–N with tert-alkyl or cyclic N) is 1. The highest BCUT2D eigenvalue weighted by molar-refractivity contribution is 4.93. The Bertz CT molecular complexity index is 132. The summed E-state index contributed by atoms with van der Waals surface area (Å²) in [6.45, 7) is 8.18. The summed E-state index contributed by atoms with van der Waals surface area (Å²) in [4.78, 5) is 2.22. The molecule has 0 aromatic carbocycles. The van der Waals surface area contributed by atoms with Crippen molar-refractivity contribution in [2.24, 2.45) is 0 Å². The van der Waals surface area contributed by atoms with Crippen LogP contribution < -0.4 is 0 Å². The third-order valence-electron chi connectivity index (χ3n) is 2.45. The minimum Gasteiger partial charge on any atom is -0.387 e. The number of hydrogen-bond acceptors (Lipinski definition) is 3. The smallest absolute Gasteiger partial charge is 0.0897 e. The van der Waals surface area contributed by atoms with Crippen molar-refractivity contribution in [3.8, 4) is 0 Å². The average molecular weight is 173 g/mol.